The molecule has 0 aliphatic carbocycles. The summed E-state index contributed by atoms with van der Waals surface area (Å²) >= 11 is 0. The molecule has 0 spiro atoms. The van der Waals surface area contributed by atoms with Gasteiger partial charge in [-0.05, 0) is 44.9 Å². The Labute approximate surface area is 343 Å². The fourth-order valence-corrected chi connectivity index (χ4v) is 7.18. The number of nitrogens with two attached hydrogens (primary N) is 1. The summed E-state index contributed by atoms with van der Waals surface area (Å²) in [6, 6.07) is -1.47. The molecule has 0 saturated carbocycles. The van der Waals surface area contributed by atoms with E-state index in [0.717, 1.165) is 44.9 Å². The highest BCUT2D eigenvalue weighted by molar-refractivity contribution is 7.47. The van der Waals surface area contributed by atoms with Gasteiger partial charge in [0, 0.05) is 13.0 Å². The van der Waals surface area contributed by atoms with E-state index in [0.29, 0.717) is 13.0 Å². The minimum Gasteiger partial charge on any atom is -0.480 e. The first-order valence-electron chi connectivity index (χ1n) is 22.9. The third-order valence-corrected chi connectivity index (χ3v) is 10.9. The minimum absolute atomic E-state index is 0.0202. The Kier molecular flexibility index (Phi) is 40.5. The lowest BCUT2D eigenvalue weighted by Crippen LogP contribution is -2.34. The van der Waals surface area contributed by atoms with Crippen LogP contribution in [0.25, 0.3) is 0 Å². The Morgan fingerprint density at radius 2 is 0.982 bits per heavy atom. The molecule has 0 saturated heterocycles. The summed E-state index contributed by atoms with van der Waals surface area (Å²) in [6.45, 7) is 3.89. The first kappa shape index (κ1) is 54.5. The zero-order valence-corrected chi connectivity index (χ0v) is 36.9. The quantitative estimate of drug-likeness (QED) is 0.0234. The summed E-state index contributed by atoms with van der Waals surface area (Å²) in [4.78, 5) is 33.5. The van der Waals surface area contributed by atoms with Crippen LogP contribution in [-0.2, 0) is 32.7 Å². The van der Waals surface area contributed by atoms with Gasteiger partial charge in [0.2, 0.25) is 0 Å². The Hall–Kier alpha value is -1.55. The summed E-state index contributed by atoms with van der Waals surface area (Å²) in [5, 5.41) is 8.89. The average Bonchev–Trinajstić information content (AvgIpc) is 3.18. The average molecular weight is 816 g/mol. The number of carbonyl (C=O) groups is 2. The zero-order chi connectivity index (χ0) is 41.2. The molecule has 0 rings (SSSR count). The Morgan fingerprint density at radius 3 is 1.45 bits per heavy atom. The van der Waals surface area contributed by atoms with Crippen molar-refractivity contribution in [1.82, 2.24) is 0 Å². The molecular formula is C45H86NO9P. The van der Waals surface area contributed by atoms with Gasteiger partial charge < -0.3 is 25.2 Å². The summed E-state index contributed by atoms with van der Waals surface area (Å²) < 4.78 is 33.3. The number of esters is 1. The minimum atomic E-state index is -4.61. The number of rotatable bonds is 44. The molecule has 0 heterocycles. The second kappa shape index (κ2) is 41.6. The third-order valence-electron chi connectivity index (χ3n) is 9.98. The van der Waals surface area contributed by atoms with Crippen LogP contribution in [0, 0.1) is 0 Å². The van der Waals surface area contributed by atoms with Crippen molar-refractivity contribution in [3.8, 4) is 0 Å². The number of carboxylic acid groups (broad SMARTS) is 1. The number of allylic oxidation sites excluding steroid dienone is 4. The Morgan fingerprint density at radius 1 is 0.571 bits per heavy atom. The fraction of sp³-hybridized carbons (Fsp3) is 0.867. The van der Waals surface area contributed by atoms with E-state index in [1.54, 1.807) is 0 Å². The molecule has 0 aromatic rings. The molecule has 0 aliphatic rings. The molecule has 0 aliphatic heterocycles. The van der Waals surface area contributed by atoms with Gasteiger partial charge in [-0.3, -0.25) is 18.6 Å². The van der Waals surface area contributed by atoms with Gasteiger partial charge in [0.15, 0.2) is 0 Å². The van der Waals surface area contributed by atoms with Crippen molar-refractivity contribution in [2.45, 2.75) is 225 Å². The van der Waals surface area contributed by atoms with E-state index in [1.807, 2.05) is 0 Å². The first-order chi connectivity index (χ1) is 27.2. The highest BCUT2D eigenvalue weighted by Gasteiger charge is 2.27. The SMILES string of the molecule is CCCCCCC/C=C\C/C=C\CCCCCCCCCCCCCC(=O)OC(COCCCCCCCCCCCCC)COP(=O)(O)OCC(N)C(=O)O. The number of hydrogen-bond donors (Lipinski definition) is 3. The smallest absolute Gasteiger partial charge is 0.472 e. The summed E-state index contributed by atoms with van der Waals surface area (Å²) in [5.74, 6) is -1.77. The molecule has 0 amide bonds. The summed E-state index contributed by atoms with van der Waals surface area (Å²) in [7, 11) is -4.61. The second-order valence-electron chi connectivity index (χ2n) is 15.5. The predicted octanol–water partition coefficient (Wildman–Crippen LogP) is 12.7. The molecule has 0 aromatic heterocycles. The largest absolute Gasteiger partial charge is 0.480 e. The molecule has 0 aromatic carbocycles. The predicted molar refractivity (Wildman–Crippen MR) is 231 cm³/mol. The van der Waals surface area contributed by atoms with E-state index in [2.05, 4.69) is 38.2 Å². The van der Waals surface area contributed by atoms with Gasteiger partial charge in [-0.1, -0.05) is 186 Å². The highest BCUT2D eigenvalue weighted by Crippen LogP contribution is 2.43. The summed E-state index contributed by atoms with van der Waals surface area (Å²) in [6.07, 6.45) is 45.2. The highest BCUT2D eigenvalue weighted by atomic mass is 31.2. The second-order valence-corrected chi connectivity index (χ2v) is 17.0. The van der Waals surface area contributed by atoms with E-state index in [1.165, 1.54) is 141 Å². The maximum absolute atomic E-state index is 12.6. The van der Waals surface area contributed by atoms with Crippen LogP contribution in [0.2, 0.25) is 0 Å². The van der Waals surface area contributed by atoms with Crippen LogP contribution in [0.15, 0.2) is 24.3 Å². The molecule has 0 fully saturated rings. The van der Waals surface area contributed by atoms with Crippen LogP contribution >= 0.6 is 7.82 Å². The topological polar surface area (TPSA) is 155 Å². The number of carbonyl (C=O) groups excluding carboxylic acids is 1. The van der Waals surface area contributed by atoms with Gasteiger partial charge in [-0.2, -0.15) is 0 Å². The van der Waals surface area contributed by atoms with Crippen molar-refractivity contribution in [3.05, 3.63) is 24.3 Å². The standard InChI is InChI=1S/C45H86NO9P/c1-3-5-7-9-11-13-15-16-17-18-19-20-21-22-23-24-25-26-27-29-31-33-35-37-44(47)55-42(40-53-56(50,51)54-41-43(46)45(48)49)39-52-38-36-34-32-30-28-14-12-10-8-6-4-2/h15-16,18-19,42-43H,3-14,17,20-41,46H2,1-2H3,(H,48,49)(H,50,51)/b16-15-,19-18-. The molecule has 3 atom stereocenters. The van der Waals surface area contributed by atoms with Gasteiger partial charge in [0.05, 0.1) is 19.8 Å². The van der Waals surface area contributed by atoms with E-state index in [4.69, 9.17) is 29.4 Å². The van der Waals surface area contributed by atoms with Crippen molar-refractivity contribution >= 4 is 19.8 Å². The number of ether oxygens (including phenoxy) is 2. The Balaban J connectivity index is 4.11. The van der Waals surface area contributed by atoms with Gasteiger partial charge in [0.25, 0.3) is 0 Å². The van der Waals surface area contributed by atoms with E-state index < -0.39 is 45.1 Å². The number of carboxylic acids is 1. The maximum Gasteiger partial charge on any atom is 0.472 e. The molecule has 10 nitrogen and oxygen atoms in total. The van der Waals surface area contributed by atoms with E-state index in [9.17, 15) is 19.0 Å². The van der Waals surface area contributed by atoms with Crippen molar-refractivity contribution < 1.29 is 42.7 Å². The number of phosphoric acid groups is 1. The van der Waals surface area contributed by atoms with Crippen LogP contribution < -0.4 is 5.73 Å². The lowest BCUT2D eigenvalue weighted by molar-refractivity contribution is -0.154. The number of unbranched alkanes of at least 4 members (excludes halogenated alkanes) is 26. The van der Waals surface area contributed by atoms with Crippen molar-refractivity contribution in [2.75, 3.05) is 26.4 Å². The molecule has 0 bridgehead atoms. The van der Waals surface area contributed by atoms with Crippen molar-refractivity contribution in [3.63, 3.8) is 0 Å². The molecule has 0 radical (unpaired) electrons. The molecule has 330 valence electrons. The van der Waals surface area contributed by atoms with Gasteiger partial charge in [0.1, 0.15) is 12.1 Å². The van der Waals surface area contributed by atoms with Crippen molar-refractivity contribution in [2.24, 2.45) is 5.73 Å². The number of phosphoric ester groups is 1. The molecular weight excluding hydrogens is 729 g/mol. The zero-order valence-electron chi connectivity index (χ0n) is 36.0. The third kappa shape index (κ3) is 40.6. The van der Waals surface area contributed by atoms with Crippen LogP contribution in [0.1, 0.15) is 213 Å². The number of aliphatic carboxylic acids is 1. The van der Waals surface area contributed by atoms with Crippen LogP contribution in [-0.4, -0.2) is 60.5 Å². The van der Waals surface area contributed by atoms with Gasteiger partial charge in [-0.15, -0.1) is 0 Å². The molecule has 11 heteroatoms. The van der Waals surface area contributed by atoms with E-state index in [-0.39, 0.29) is 13.0 Å². The lowest BCUT2D eigenvalue weighted by atomic mass is 10.0. The summed E-state index contributed by atoms with van der Waals surface area (Å²) in [5.41, 5.74) is 5.35. The lowest BCUT2D eigenvalue weighted by Gasteiger charge is -2.20. The molecule has 4 N–H and O–H groups in total. The Bertz CT molecular complexity index is 993. The maximum atomic E-state index is 12.6. The first-order valence-corrected chi connectivity index (χ1v) is 24.4. The fourth-order valence-electron chi connectivity index (χ4n) is 6.40. The molecule has 56 heavy (non-hydrogen) atoms. The normalized spacial score (nSPS) is 14.1. The van der Waals surface area contributed by atoms with Crippen LogP contribution in [0.5, 0.6) is 0 Å². The van der Waals surface area contributed by atoms with Gasteiger partial charge >= 0.3 is 19.8 Å². The van der Waals surface area contributed by atoms with Crippen molar-refractivity contribution in [1.29, 1.82) is 0 Å². The van der Waals surface area contributed by atoms with Crippen LogP contribution in [0.3, 0.4) is 0 Å². The van der Waals surface area contributed by atoms with E-state index >= 15 is 0 Å². The van der Waals surface area contributed by atoms with Gasteiger partial charge in [-0.25, -0.2) is 4.57 Å². The number of hydrogen-bond acceptors (Lipinski definition) is 8. The van der Waals surface area contributed by atoms with Crippen LogP contribution in [0.4, 0.5) is 0 Å². The monoisotopic (exact) mass is 816 g/mol. The molecule has 3 unspecified atom stereocenters.